The molecule has 2 aromatic rings. The first-order valence-corrected chi connectivity index (χ1v) is 7.84. The molecule has 2 heterocycles. The third-order valence-corrected chi connectivity index (χ3v) is 4.01. The van der Waals surface area contributed by atoms with Gasteiger partial charge in [-0.15, -0.1) is 0 Å². The molecule has 1 amide bonds. The molecule has 1 aromatic carbocycles. The van der Waals surface area contributed by atoms with Gasteiger partial charge in [0.05, 0.1) is 7.11 Å². The van der Waals surface area contributed by atoms with E-state index < -0.39 is 5.82 Å². The minimum Gasteiger partial charge on any atom is -0.494 e. The molecule has 0 aliphatic carbocycles. The average Bonchev–Trinajstić information content (AvgIpc) is 2.62. The van der Waals surface area contributed by atoms with E-state index in [1.54, 1.807) is 24.5 Å². The van der Waals surface area contributed by atoms with Crippen LogP contribution in [0.15, 0.2) is 36.7 Å². The summed E-state index contributed by atoms with van der Waals surface area (Å²) in [5, 5.41) is 2.96. The average molecular weight is 330 g/mol. The smallest absolute Gasteiger partial charge is 0.251 e. The first kappa shape index (κ1) is 16.2. The molecule has 1 atom stereocenters. The Bertz CT molecular complexity index is 711. The van der Waals surface area contributed by atoms with E-state index in [0.717, 1.165) is 19.4 Å². The van der Waals surface area contributed by atoms with Gasteiger partial charge in [-0.25, -0.2) is 14.4 Å². The van der Waals surface area contributed by atoms with Crippen LogP contribution in [0.25, 0.3) is 0 Å². The van der Waals surface area contributed by atoms with E-state index in [1.807, 2.05) is 4.90 Å². The van der Waals surface area contributed by atoms with Gasteiger partial charge in [-0.05, 0) is 37.1 Å². The first-order valence-electron chi connectivity index (χ1n) is 7.84. The maximum Gasteiger partial charge on any atom is 0.251 e. The van der Waals surface area contributed by atoms with Crippen LogP contribution in [0.5, 0.6) is 5.75 Å². The normalized spacial score (nSPS) is 17.4. The molecule has 0 bridgehead atoms. The van der Waals surface area contributed by atoms with Crippen LogP contribution in [-0.4, -0.2) is 42.1 Å². The second kappa shape index (κ2) is 7.25. The van der Waals surface area contributed by atoms with Crippen molar-refractivity contribution in [1.82, 2.24) is 15.3 Å². The lowest BCUT2D eigenvalue weighted by molar-refractivity contribution is 0.0932. The van der Waals surface area contributed by atoms with E-state index in [4.69, 9.17) is 4.74 Å². The van der Waals surface area contributed by atoms with Gasteiger partial charge in [0.2, 0.25) is 5.95 Å². The number of ether oxygens (including phenoxy) is 1. The number of methoxy groups -OCH3 is 1. The molecule has 1 aromatic heterocycles. The lowest BCUT2D eigenvalue weighted by Gasteiger charge is -2.33. The van der Waals surface area contributed by atoms with Crippen molar-refractivity contribution in [3.8, 4) is 5.75 Å². The largest absolute Gasteiger partial charge is 0.494 e. The summed E-state index contributed by atoms with van der Waals surface area (Å²) in [4.78, 5) is 22.9. The van der Waals surface area contributed by atoms with E-state index in [0.29, 0.717) is 12.5 Å². The third kappa shape index (κ3) is 3.61. The summed E-state index contributed by atoms with van der Waals surface area (Å²) in [7, 11) is 1.39. The van der Waals surface area contributed by atoms with Gasteiger partial charge in [0.1, 0.15) is 0 Å². The Morgan fingerprint density at radius 1 is 1.38 bits per heavy atom. The van der Waals surface area contributed by atoms with Gasteiger partial charge >= 0.3 is 0 Å². The highest BCUT2D eigenvalue weighted by Gasteiger charge is 2.23. The van der Waals surface area contributed by atoms with E-state index in [-0.39, 0.29) is 23.3 Å². The number of anilines is 1. The number of carbonyl (C=O) groups is 1. The van der Waals surface area contributed by atoms with Crippen LogP contribution >= 0.6 is 0 Å². The molecule has 1 aliphatic heterocycles. The van der Waals surface area contributed by atoms with E-state index in [2.05, 4.69) is 15.3 Å². The Kier molecular flexibility index (Phi) is 4.88. The van der Waals surface area contributed by atoms with Gasteiger partial charge in [-0.3, -0.25) is 4.79 Å². The number of nitrogens with one attached hydrogen (secondary N) is 1. The van der Waals surface area contributed by atoms with Gasteiger partial charge in [0.15, 0.2) is 11.6 Å². The highest BCUT2D eigenvalue weighted by Crippen LogP contribution is 2.19. The molecule has 0 spiro atoms. The van der Waals surface area contributed by atoms with Crippen LogP contribution < -0.4 is 15.0 Å². The Labute approximate surface area is 139 Å². The molecule has 24 heavy (non-hydrogen) atoms. The number of rotatable bonds is 4. The Balaban J connectivity index is 1.65. The van der Waals surface area contributed by atoms with Crippen molar-refractivity contribution < 1.29 is 13.9 Å². The lowest BCUT2D eigenvalue weighted by Crippen LogP contribution is -2.48. The predicted octanol–water partition coefficient (Wildman–Crippen LogP) is 2.02. The molecular formula is C17H19FN4O2. The number of piperidine rings is 1. The molecular weight excluding hydrogens is 311 g/mol. The van der Waals surface area contributed by atoms with Crippen molar-refractivity contribution >= 4 is 11.9 Å². The Morgan fingerprint density at radius 3 is 2.88 bits per heavy atom. The number of aromatic nitrogens is 2. The zero-order chi connectivity index (χ0) is 16.9. The summed E-state index contributed by atoms with van der Waals surface area (Å²) >= 11 is 0. The van der Waals surface area contributed by atoms with Crippen LogP contribution in [0.4, 0.5) is 10.3 Å². The summed E-state index contributed by atoms with van der Waals surface area (Å²) in [6.45, 7) is 1.49. The molecule has 1 aliphatic rings. The maximum atomic E-state index is 13.7. The molecule has 0 saturated carbocycles. The van der Waals surface area contributed by atoms with Crippen molar-refractivity contribution in [3.05, 3.63) is 48.0 Å². The molecule has 1 unspecified atom stereocenters. The van der Waals surface area contributed by atoms with Crippen LogP contribution in [0, 0.1) is 5.82 Å². The molecule has 6 nitrogen and oxygen atoms in total. The minimum atomic E-state index is -0.548. The highest BCUT2D eigenvalue weighted by molar-refractivity contribution is 5.94. The van der Waals surface area contributed by atoms with Crippen molar-refractivity contribution in [3.63, 3.8) is 0 Å². The molecule has 1 fully saturated rings. The van der Waals surface area contributed by atoms with Crippen molar-refractivity contribution in [2.45, 2.75) is 18.9 Å². The Morgan fingerprint density at radius 2 is 2.17 bits per heavy atom. The van der Waals surface area contributed by atoms with Gasteiger partial charge < -0.3 is 15.0 Å². The monoisotopic (exact) mass is 330 g/mol. The highest BCUT2D eigenvalue weighted by atomic mass is 19.1. The summed E-state index contributed by atoms with van der Waals surface area (Å²) < 4.78 is 18.6. The van der Waals surface area contributed by atoms with E-state index in [9.17, 15) is 9.18 Å². The van der Waals surface area contributed by atoms with E-state index >= 15 is 0 Å². The molecule has 1 N–H and O–H groups in total. The zero-order valence-corrected chi connectivity index (χ0v) is 13.4. The topological polar surface area (TPSA) is 67.3 Å². The van der Waals surface area contributed by atoms with Crippen LogP contribution in [0.2, 0.25) is 0 Å². The van der Waals surface area contributed by atoms with Gasteiger partial charge in [0.25, 0.3) is 5.91 Å². The third-order valence-electron chi connectivity index (χ3n) is 4.01. The number of amides is 1. The standard InChI is InChI=1S/C17H19FN4O2/c1-24-15-6-5-12(10-14(15)18)16(23)21-13-4-2-9-22(11-13)17-19-7-3-8-20-17/h3,5-8,10,13H,2,4,9,11H2,1H3,(H,21,23). The summed E-state index contributed by atoms with van der Waals surface area (Å²) in [5.41, 5.74) is 0.279. The van der Waals surface area contributed by atoms with Crippen LogP contribution in [0.3, 0.4) is 0 Å². The summed E-state index contributed by atoms with van der Waals surface area (Å²) in [6, 6.07) is 5.94. The summed E-state index contributed by atoms with van der Waals surface area (Å²) in [6.07, 6.45) is 5.20. The fraction of sp³-hybridized carbons (Fsp3) is 0.353. The summed E-state index contributed by atoms with van der Waals surface area (Å²) in [5.74, 6) is -0.0611. The van der Waals surface area contributed by atoms with Crippen LogP contribution in [-0.2, 0) is 0 Å². The zero-order valence-electron chi connectivity index (χ0n) is 13.4. The van der Waals surface area contributed by atoms with Crippen molar-refractivity contribution in [1.29, 1.82) is 0 Å². The van der Waals surface area contributed by atoms with Gasteiger partial charge in [-0.1, -0.05) is 0 Å². The number of hydrogen-bond donors (Lipinski definition) is 1. The second-order valence-corrected chi connectivity index (χ2v) is 5.66. The van der Waals surface area contributed by atoms with Crippen molar-refractivity contribution in [2.24, 2.45) is 0 Å². The molecule has 7 heteroatoms. The van der Waals surface area contributed by atoms with Gasteiger partial charge in [0, 0.05) is 37.1 Å². The Hall–Kier alpha value is -2.70. The SMILES string of the molecule is COc1ccc(C(=O)NC2CCCN(c3ncccn3)C2)cc1F. The molecule has 126 valence electrons. The second-order valence-electron chi connectivity index (χ2n) is 5.66. The maximum absolute atomic E-state index is 13.7. The number of benzene rings is 1. The fourth-order valence-corrected chi connectivity index (χ4v) is 2.81. The van der Waals surface area contributed by atoms with E-state index in [1.165, 1.54) is 19.2 Å². The lowest BCUT2D eigenvalue weighted by atomic mass is 10.1. The number of hydrogen-bond acceptors (Lipinski definition) is 5. The first-order chi connectivity index (χ1) is 11.7. The molecule has 3 rings (SSSR count). The van der Waals surface area contributed by atoms with Crippen LogP contribution in [0.1, 0.15) is 23.2 Å². The number of carbonyl (C=O) groups excluding carboxylic acids is 1. The number of halogens is 1. The van der Waals surface area contributed by atoms with Crippen molar-refractivity contribution in [2.75, 3.05) is 25.1 Å². The predicted molar refractivity (Wildman–Crippen MR) is 87.7 cm³/mol. The molecule has 1 saturated heterocycles. The van der Waals surface area contributed by atoms with Gasteiger partial charge in [-0.2, -0.15) is 0 Å². The number of nitrogens with zero attached hydrogens (tertiary/aromatic N) is 3. The molecule has 0 radical (unpaired) electrons. The fourth-order valence-electron chi connectivity index (χ4n) is 2.81. The minimum absolute atomic E-state index is 0.0276. The quantitative estimate of drug-likeness (QED) is 0.929.